The van der Waals surface area contributed by atoms with Crippen LogP contribution in [0.25, 0.3) is 0 Å². The van der Waals surface area contributed by atoms with Gasteiger partial charge in [0.15, 0.2) is 0 Å². The first-order valence-electron chi connectivity index (χ1n) is 6.39. The number of nitrogens with two attached hydrogens (primary N) is 1. The quantitative estimate of drug-likeness (QED) is 0.751. The van der Waals surface area contributed by atoms with Crippen molar-refractivity contribution in [2.45, 2.75) is 58.4 Å². The van der Waals surface area contributed by atoms with E-state index in [1.165, 1.54) is 26.4 Å². The maximum absolute atomic E-state index is 11.6. The highest BCUT2D eigenvalue weighted by atomic mass is 16.5. The largest absolute Gasteiger partial charge is 0.469 e. The number of rotatable bonds is 4. The summed E-state index contributed by atoms with van der Waals surface area (Å²) in [5, 5.41) is 0. The van der Waals surface area contributed by atoms with Crippen molar-refractivity contribution in [1.29, 1.82) is 0 Å². The molecule has 0 spiro atoms. The molecule has 0 aromatic rings. The molecule has 3 heteroatoms. The van der Waals surface area contributed by atoms with Crippen LogP contribution >= 0.6 is 0 Å². The zero-order valence-corrected chi connectivity index (χ0v) is 10.8. The minimum atomic E-state index is -0.113. The standard InChI is InChI=1S/C13H25NO2/c1-4-11(14)13(9-12(15)16-3)8-6-5-7-10(13)2/h10-11H,4-9,14H2,1-3H3. The summed E-state index contributed by atoms with van der Waals surface area (Å²) in [6.45, 7) is 4.34. The van der Waals surface area contributed by atoms with Crippen molar-refractivity contribution < 1.29 is 9.53 Å². The molecular formula is C13H25NO2. The molecule has 3 unspecified atom stereocenters. The minimum absolute atomic E-state index is 0.0277. The molecule has 0 bridgehead atoms. The summed E-state index contributed by atoms with van der Waals surface area (Å²) >= 11 is 0. The molecule has 3 nitrogen and oxygen atoms in total. The van der Waals surface area contributed by atoms with Crippen molar-refractivity contribution >= 4 is 5.97 Å². The number of hydrogen-bond acceptors (Lipinski definition) is 3. The van der Waals surface area contributed by atoms with Crippen LogP contribution in [0, 0.1) is 11.3 Å². The number of carbonyl (C=O) groups is 1. The Labute approximate surface area is 98.7 Å². The van der Waals surface area contributed by atoms with E-state index in [4.69, 9.17) is 10.5 Å². The first-order valence-corrected chi connectivity index (χ1v) is 6.39. The molecule has 0 amide bonds. The van der Waals surface area contributed by atoms with E-state index in [0.29, 0.717) is 12.3 Å². The van der Waals surface area contributed by atoms with Crippen molar-refractivity contribution in [3.63, 3.8) is 0 Å². The maximum Gasteiger partial charge on any atom is 0.306 e. The van der Waals surface area contributed by atoms with Crippen LogP contribution < -0.4 is 5.73 Å². The summed E-state index contributed by atoms with van der Waals surface area (Å²) in [5.74, 6) is 0.410. The van der Waals surface area contributed by atoms with Gasteiger partial charge in [-0.25, -0.2) is 0 Å². The van der Waals surface area contributed by atoms with Gasteiger partial charge in [0, 0.05) is 6.04 Å². The molecule has 1 saturated carbocycles. The summed E-state index contributed by atoms with van der Waals surface area (Å²) < 4.78 is 4.83. The van der Waals surface area contributed by atoms with Crippen LogP contribution in [0.2, 0.25) is 0 Å². The van der Waals surface area contributed by atoms with E-state index in [2.05, 4.69) is 13.8 Å². The Morgan fingerprint density at radius 3 is 2.75 bits per heavy atom. The molecular weight excluding hydrogens is 202 g/mol. The van der Waals surface area contributed by atoms with Gasteiger partial charge in [0.25, 0.3) is 0 Å². The number of carbonyl (C=O) groups excluding carboxylic acids is 1. The van der Waals surface area contributed by atoms with Gasteiger partial charge < -0.3 is 10.5 Å². The molecule has 0 aromatic heterocycles. The zero-order valence-electron chi connectivity index (χ0n) is 10.8. The van der Waals surface area contributed by atoms with Gasteiger partial charge in [0.05, 0.1) is 13.5 Å². The van der Waals surface area contributed by atoms with Gasteiger partial charge in [0.2, 0.25) is 0 Å². The fourth-order valence-electron chi connectivity index (χ4n) is 3.13. The highest BCUT2D eigenvalue weighted by Gasteiger charge is 2.44. The summed E-state index contributed by atoms with van der Waals surface area (Å²) in [7, 11) is 1.46. The molecule has 1 aliphatic rings. The molecule has 2 N–H and O–H groups in total. The SMILES string of the molecule is CCC(N)C1(CC(=O)OC)CCCCC1C. The molecule has 1 rings (SSSR count). The van der Waals surface area contributed by atoms with Gasteiger partial charge >= 0.3 is 5.97 Å². The average molecular weight is 227 g/mol. The molecule has 0 aliphatic heterocycles. The highest BCUT2D eigenvalue weighted by molar-refractivity contribution is 5.70. The Balaban J connectivity index is 2.86. The lowest BCUT2D eigenvalue weighted by Crippen LogP contribution is -2.49. The predicted molar refractivity (Wildman–Crippen MR) is 65.0 cm³/mol. The second-order valence-corrected chi connectivity index (χ2v) is 5.15. The Kier molecular flexibility index (Phi) is 4.78. The summed E-state index contributed by atoms with van der Waals surface area (Å²) in [4.78, 5) is 11.6. The monoisotopic (exact) mass is 227 g/mol. The van der Waals surface area contributed by atoms with Crippen molar-refractivity contribution in [2.24, 2.45) is 17.1 Å². The maximum atomic E-state index is 11.6. The van der Waals surface area contributed by atoms with E-state index >= 15 is 0 Å². The zero-order chi connectivity index (χ0) is 12.2. The van der Waals surface area contributed by atoms with Crippen molar-refractivity contribution in [1.82, 2.24) is 0 Å². The third-order valence-electron chi connectivity index (χ3n) is 4.39. The Bertz CT molecular complexity index is 236. The molecule has 0 saturated heterocycles. The van der Waals surface area contributed by atoms with Crippen LogP contribution in [0.5, 0.6) is 0 Å². The third kappa shape index (κ3) is 2.57. The average Bonchev–Trinajstić information content (AvgIpc) is 2.30. The fraction of sp³-hybridized carbons (Fsp3) is 0.923. The first kappa shape index (κ1) is 13.5. The third-order valence-corrected chi connectivity index (χ3v) is 4.39. The highest BCUT2D eigenvalue weighted by Crippen LogP contribution is 2.46. The number of methoxy groups -OCH3 is 1. The molecule has 1 aliphatic carbocycles. The summed E-state index contributed by atoms with van der Waals surface area (Å²) in [6, 6.07) is 0.113. The second-order valence-electron chi connectivity index (χ2n) is 5.15. The molecule has 16 heavy (non-hydrogen) atoms. The molecule has 1 fully saturated rings. The van der Waals surface area contributed by atoms with Crippen LogP contribution in [0.15, 0.2) is 0 Å². The Morgan fingerprint density at radius 2 is 2.25 bits per heavy atom. The van der Waals surface area contributed by atoms with E-state index in [-0.39, 0.29) is 17.4 Å². The summed E-state index contributed by atoms with van der Waals surface area (Å²) in [5.41, 5.74) is 6.24. The first-order chi connectivity index (χ1) is 7.56. The lowest BCUT2D eigenvalue weighted by Gasteiger charge is -2.46. The lowest BCUT2D eigenvalue weighted by molar-refractivity contribution is -0.146. The molecule has 0 heterocycles. The fourth-order valence-corrected chi connectivity index (χ4v) is 3.13. The summed E-state index contributed by atoms with van der Waals surface area (Å²) in [6.07, 6.45) is 6.12. The van der Waals surface area contributed by atoms with Crippen molar-refractivity contribution in [3.8, 4) is 0 Å². The van der Waals surface area contributed by atoms with Crippen molar-refractivity contribution in [2.75, 3.05) is 7.11 Å². The molecule has 0 aromatic carbocycles. The Hall–Kier alpha value is -0.570. The molecule has 94 valence electrons. The normalized spacial score (nSPS) is 32.1. The van der Waals surface area contributed by atoms with E-state index in [1.807, 2.05) is 0 Å². The van der Waals surface area contributed by atoms with Crippen LogP contribution in [0.4, 0.5) is 0 Å². The van der Waals surface area contributed by atoms with E-state index < -0.39 is 0 Å². The van der Waals surface area contributed by atoms with Gasteiger partial charge in [-0.3, -0.25) is 4.79 Å². The molecule has 0 radical (unpaired) electrons. The number of esters is 1. The van der Waals surface area contributed by atoms with Crippen LogP contribution in [-0.4, -0.2) is 19.1 Å². The number of ether oxygens (including phenoxy) is 1. The minimum Gasteiger partial charge on any atom is -0.469 e. The predicted octanol–water partition coefficient (Wildman–Crippen LogP) is 2.48. The van der Waals surface area contributed by atoms with Gasteiger partial charge in [-0.1, -0.05) is 33.1 Å². The van der Waals surface area contributed by atoms with Gasteiger partial charge in [-0.05, 0) is 24.2 Å². The lowest BCUT2D eigenvalue weighted by atomic mass is 9.60. The van der Waals surface area contributed by atoms with Crippen LogP contribution in [-0.2, 0) is 9.53 Å². The molecule has 3 atom stereocenters. The van der Waals surface area contributed by atoms with E-state index in [9.17, 15) is 4.79 Å². The van der Waals surface area contributed by atoms with Gasteiger partial charge in [-0.2, -0.15) is 0 Å². The topological polar surface area (TPSA) is 52.3 Å². The smallest absolute Gasteiger partial charge is 0.306 e. The van der Waals surface area contributed by atoms with E-state index in [0.717, 1.165) is 12.8 Å². The van der Waals surface area contributed by atoms with Gasteiger partial charge in [0.1, 0.15) is 0 Å². The number of hydrogen-bond donors (Lipinski definition) is 1. The van der Waals surface area contributed by atoms with Gasteiger partial charge in [-0.15, -0.1) is 0 Å². The Morgan fingerprint density at radius 1 is 1.56 bits per heavy atom. The van der Waals surface area contributed by atoms with Crippen LogP contribution in [0.3, 0.4) is 0 Å². The van der Waals surface area contributed by atoms with Crippen molar-refractivity contribution in [3.05, 3.63) is 0 Å². The van der Waals surface area contributed by atoms with E-state index in [1.54, 1.807) is 0 Å². The second kappa shape index (κ2) is 5.67. The van der Waals surface area contributed by atoms with Crippen LogP contribution in [0.1, 0.15) is 52.4 Å².